The van der Waals surface area contributed by atoms with E-state index in [1.807, 2.05) is 24.3 Å². The number of aromatic amines is 1. The lowest BCUT2D eigenvalue weighted by atomic mass is 10.1. The monoisotopic (exact) mass is 285 g/mol. The van der Waals surface area contributed by atoms with Crippen LogP contribution in [0.4, 0.5) is 11.6 Å². The van der Waals surface area contributed by atoms with Gasteiger partial charge in [0.25, 0.3) is 0 Å². The molecule has 2 aromatic rings. The van der Waals surface area contributed by atoms with Gasteiger partial charge in [0.15, 0.2) is 0 Å². The van der Waals surface area contributed by atoms with E-state index in [2.05, 4.69) is 39.4 Å². The molecule has 1 aromatic carbocycles. The molecule has 1 aromatic heterocycles. The van der Waals surface area contributed by atoms with Gasteiger partial charge in [-0.2, -0.15) is 0 Å². The van der Waals surface area contributed by atoms with Crippen molar-refractivity contribution in [3.63, 3.8) is 0 Å². The zero-order valence-corrected chi connectivity index (χ0v) is 12.3. The number of H-pyrrole nitrogens is 1. The minimum Gasteiger partial charge on any atom is -0.374 e. The van der Waals surface area contributed by atoms with Crippen molar-refractivity contribution in [3.05, 3.63) is 30.5 Å². The van der Waals surface area contributed by atoms with E-state index in [1.165, 1.54) is 6.92 Å². The predicted octanol–water partition coefficient (Wildman–Crippen LogP) is 2.69. The van der Waals surface area contributed by atoms with Crippen LogP contribution in [0, 0.1) is 0 Å². The van der Waals surface area contributed by atoms with E-state index in [4.69, 9.17) is 0 Å². The van der Waals surface area contributed by atoms with Crippen LogP contribution in [-0.4, -0.2) is 28.3 Å². The molecule has 6 nitrogen and oxygen atoms in total. The molecule has 0 saturated carbocycles. The summed E-state index contributed by atoms with van der Waals surface area (Å²) in [6, 6.07) is 8.08. The average Bonchev–Trinajstić information content (AvgIpc) is 2.87. The van der Waals surface area contributed by atoms with Crippen molar-refractivity contribution in [2.24, 2.45) is 4.99 Å². The van der Waals surface area contributed by atoms with Gasteiger partial charge < -0.3 is 10.3 Å². The van der Waals surface area contributed by atoms with Gasteiger partial charge in [-0.3, -0.25) is 10.1 Å². The molecule has 0 aliphatic rings. The highest BCUT2D eigenvalue weighted by atomic mass is 16.1. The Bertz CT molecular complexity index is 628. The SMILES string of the molecule is CC(=O)Nc1nc(-c2ccc(/N=C/NC(C)C)cc2)c[nH]1. The van der Waals surface area contributed by atoms with Crippen molar-refractivity contribution in [2.45, 2.75) is 26.8 Å². The number of amides is 1. The van der Waals surface area contributed by atoms with Gasteiger partial charge in [0.2, 0.25) is 11.9 Å². The molecule has 0 radical (unpaired) electrons. The fourth-order valence-electron chi connectivity index (χ4n) is 1.68. The largest absolute Gasteiger partial charge is 0.374 e. The topological polar surface area (TPSA) is 82.2 Å². The van der Waals surface area contributed by atoms with E-state index >= 15 is 0 Å². The molecule has 0 unspecified atom stereocenters. The van der Waals surface area contributed by atoms with Gasteiger partial charge in [0.1, 0.15) is 0 Å². The molecular weight excluding hydrogens is 266 g/mol. The van der Waals surface area contributed by atoms with Gasteiger partial charge in [0, 0.05) is 24.7 Å². The fraction of sp³-hybridized carbons (Fsp3) is 0.267. The van der Waals surface area contributed by atoms with E-state index in [9.17, 15) is 4.79 Å². The Balaban J connectivity index is 2.06. The minimum atomic E-state index is -0.154. The summed E-state index contributed by atoms with van der Waals surface area (Å²) in [5, 5.41) is 5.72. The standard InChI is InChI=1S/C15H19N5O/c1-10(2)17-9-18-13-6-4-12(5-7-13)14-8-16-15(20-14)19-11(3)21/h4-10H,1-3H3,(H,17,18)(H2,16,19,20,21). The van der Waals surface area contributed by atoms with Gasteiger partial charge >= 0.3 is 0 Å². The second-order valence-electron chi connectivity index (χ2n) is 4.94. The maximum atomic E-state index is 11.0. The van der Waals surface area contributed by atoms with Gasteiger partial charge in [-0.25, -0.2) is 9.98 Å². The van der Waals surface area contributed by atoms with Crippen LogP contribution in [0.5, 0.6) is 0 Å². The lowest BCUT2D eigenvalue weighted by Crippen LogP contribution is -2.19. The summed E-state index contributed by atoms with van der Waals surface area (Å²) in [6.45, 7) is 5.55. The summed E-state index contributed by atoms with van der Waals surface area (Å²) < 4.78 is 0. The highest BCUT2D eigenvalue weighted by Crippen LogP contribution is 2.21. The molecular formula is C15H19N5O. The van der Waals surface area contributed by atoms with Gasteiger partial charge in [-0.1, -0.05) is 12.1 Å². The van der Waals surface area contributed by atoms with Crippen molar-refractivity contribution >= 4 is 23.9 Å². The van der Waals surface area contributed by atoms with Crippen LogP contribution in [0.3, 0.4) is 0 Å². The molecule has 21 heavy (non-hydrogen) atoms. The Hall–Kier alpha value is -2.63. The second kappa shape index (κ2) is 6.69. The van der Waals surface area contributed by atoms with E-state index in [1.54, 1.807) is 12.5 Å². The smallest absolute Gasteiger partial charge is 0.223 e. The third-order valence-electron chi connectivity index (χ3n) is 2.66. The van der Waals surface area contributed by atoms with E-state index in [-0.39, 0.29) is 5.91 Å². The number of hydrogen-bond donors (Lipinski definition) is 3. The Morgan fingerprint density at radius 3 is 2.67 bits per heavy atom. The highest BCUT2D eigenvalue weighted by Gasteiger charge is 2.04. The van der Waals surface area contributed by atoms with Gasteiger partial charge in [-0.05, 0) is 26.0 Å². The Labute approximate surface area is 123 Å². The number of aromatic nitrogens is 2. The molecule has 0 bridgehead atoms. The molecule has 0 saturated heterocycles. The average molecular weight is 285 g/mol. The quantitative estimate of drug-likeness (QED) is 0.583. The zero-order valence-electron chi connectivity index (χ0n) is 12.3. The molecule has 0 aliphatic heterocycles. The first-order valence-corrected chi connectivity index (χ1v) is 6.76. The van der Waals surface area contributed by atoms with Gasteiger partial charge in [-0.15, -0.1) is 0 Å². The minimum absolute atomic E-state index is 0.154. The van der Waals surface area contributed by atoms with E-state index < -0.39 is 0 Å². The van der Waals surface area contributed by atoms with Crippen molar-refractivity contribution in [3.8, 4) is 11.3 Å². The maximum absolute atomic E-state index is 11.0. The summed E-state index contributed by atoms with van der Waals surface area (Å²) in [5.41, 5.74) is 2.60. The molecule has 0 fully saturated rings. The summed E-state index contributed by atoms with van der Waals surface area (Å²) in [6.07, 6.45) is 3.45. The van der Waals surface area contributed by atoms with Crippen LogP contribution in [0.1, 0.15) is 20.8 Å². The summed E-state index contributed by atoms with van der Waals surface area (Å²) in [7, 11) is 0. The summed E-state index contributed by atoms with van der Waals surface area (Å²) in [5.74, 6) is 0.291. The molecule has 2 rings (SSSR count). The Kier molecular flexibility index (Phi) is 4.71. The maximum Gasteiger partial charge on any atom is 0.223 e. The van der Waals surface area contributed by atoms with Crippen molar-refractivity contribution < 1.29 is 4.79 Å². The molecule has 6 heteroatoms. The molecule has 1 amide bonds. The fourth-order valence-corrected chi connectivity index (χ4v) is 1.68. The van der Waals surface area contributed by atoms with Crippen LogP contribution in [0.15, 0.2) is 35.5 Å². The number of imidazole rings is 1. The van der Waals surface area contributed by atoms with Crippen molar-refractivity contribution in [1.29, 1.82) is 0 Å². The van der Waals surface area contributed by atoms with Gasteiger partial charge in [0.05, 0.1) is 17.7 Å². The zero-order chi connectivity index (χ0) is 15.2. The van der Waals surface area contributed by atoms with Crippen molar-refractivity contribution in [1.82, 2.24) is 15.3 Å². The molecule has 0 spiro atoms. The second-order valence-corrected chi connectivity index (χ2v) is 4.94. The van der Waals surface area contributed by atoms with Crippen LogP contribution in [-0.2, 0) is 4.79 Å². The van der Waals surface area contributed by atoms with E-state index in [0.29, 0.717) is 12.0 Å². The van der Waals surface area contributed by atoms with Crippen LogP contribution >= 0.6 is 0 Å². The number of nitrogens with one attached hydrogen (secondary N) is 3. The lowest BCUT2D eigenvalue weighted by Gasteiger charge is -2.02. The predicted molar refractivity (Wildman–Crippen MR) is 84.8 cm³/mol. The third kappa shape index (κ3) is 4.45. The molecule has 1 heterocycles. The summed E-state index contributed by atoms with van der Waals surface area (Å²) in [4.78, 5) is 22.5. The molecule has 0 atom stereocenters. The van der Waals surface area contributed by atoms with Crippen LogP contribution < -0.4 is 10.6 Å². The Morgan fingerprint density at radius 2 is 2.05 bits per heavy atom. The number of hydrogen-bond acceptors (Lipinski definition) is 3. The number of nitrogens with zero attached hydrogens (tertiary/aromatic N) is 2. The first-order valence-electron chi connectivity index (χ1n) is 6.76. The third-order valence-corrected chi connectivity index (χ3v) is 2.66. The first kappa shape index (κ1) is 14.8. The lowest BCUT2D eigenvalue weighted by molar-refractivity contribution is -0.114. The number of aliphatic imine (C=N–C) groups is 1. The molecule has 3 N–H and O–H groups in total. The highest BCUT2D eigenvalue weighted by molar-refractivity contribution is 5.87. The van der Waals surface area contributed by atoms with Crippen molar-refractivity contribution in [2.75, 3.05) is 5.32 Å². The number of carbonyl (C=O) groups is 1. The van der Waals surface area contributed by atoms with E-state index in [0.717, 1.165) is 16.9 Å². The first-order chi connectivity index (χ1) is 10.0. The molecule has 0 aliphatic carbocycles. The Morgan fingerprint density at radius 1 is 1.33 bits per heavy atom. The summed E-state index contributed by atoms with van der Waals surface area (Å²) >= 11 is 0. The number of carbonyl (C=O) groups excluding carboxylic acids is 1. The number of benzene rings is 1. The molecule has 110 valence electrons. The normalized spacial score (nSPS) is 11.0. The van der Waals surface area contributed by atoms with Crippen LogP contribution in [0.2, 0.25) is 0 Å². The number of anilines is 1. The van der Waals surface area contributed by atoms with Crippen LogP contribution in [0.25, 0.3) is 11.3 Å². The number of rotatable bonds is 5.